The SMILES string of the molecule is COc1cc(-c2c[nH]c(=O)c3cnc(C4CC4)cc23)cc(OC)c1CN1CCC(C#Cc2ccc3c(c2)C(=O)N(C2CCC(=O)NC2=O)C3)CC1. The molecule has 0 bridgehead atoms. The van der Waals surface area contributed by atoms with Gasteiger partial charge in [-0.25, -0.2) is 0 Å². The summed E-state index contributed by atoms with van der Waals surface area (Å²) in [7, 11) is 3.34. The maximum absolute atomic E-state index is 13.2. The molecular weight excluding hydrogens is 646 g/mol. The van der Waals surface area contributed by atoms with E-state index in [1.807, 2.05) is 30.3 Å². The van der Waals surface area contributed by atoms with Gasteiger partial charge in [0.2, 0.25) is 11.8 Å². The van der Waals surface area contributed by atoms with Crippen molar-refractivity contribution in [3.05, 3.63) is 87.1 Å². The number of H-pyrrole nitrogens is 1. The zero-order chi connectivity index (χ0) is 35.2. The Kier molecular flexibility index (Phi) is 8.56. The molecule has 1 saturated carbocycles. The van der Waals surface area contributed by atoms with Crippen LogP contribution >= 0.6 is 0 Å². The minimum Gasteiger partial charge on any atom is -0.496 e. The largest absolute Gasteiger partial charge is 0.496 e. The smallest absolute Gasteiger partial charge is 0.257 e. The molecule has 4 aliphatic rings. The third kappa shape index (κ3) is 6.36. The highest BCUT2D eigenvalue weighted by molar-refractivity contribution is 6.05. The highest BCUT2D eigenvalue weighted by Crippen LogP contribution is 2.42. The third-order valence-corrected chi connectivity index (χ3v) is 10.6. The number of nitrogens with one attached hydrogen (secondary N) is 2. The van der Waals surface area contributed by atoms with Gasteiger partial charge in [-0.3, -0.25) is 34.4 Å². The lowest BCUT2D eigenvalue weighted by Crippen LogP contribution is -2.52. The second-order valence-electron chi connectivity index (χ2n) is 13.9. The van der Waals surface area contributed by atoms with Crippen LogP contribution in [-0.4, -0.2) is 70.8 Å². The van der Waals surface area contributed by atoms with Crippen LogP contribution in [0.5, 0.6) is 11.5 Å². The first-order valence-corrected chi connectivity index (χ1v) is 17.6. The van der Waals surface area contributed by atoms with Crippen molar-refractivity contribution in [2.75, 3.05) is 27.3 Å². The van der Waals surface area contributed by atoms with Crippen LogP contribution in [0, 0.1) is 17.8 Å². The number of amides is 3. The number of fused-ring (bicyclic) bond motifs is 2. The van der Waals surface area contributed by atoms with Gasteiger partial charge >= 0.3 is 0 Å². The van der Waals surface area contributed by atoms with E-state index in [2.05, 4.69) is 38.1 Å². The van der Waals surface area contributed by atoms with Crippen molar-refractivity contribution in [1.82, 2.24) is 25.1 Å². The summed E-state index contributed by atoms with van der Waals surface area (Å²) in [6, 6.07) is 11.1. The molecule has 8 rings (SSSR count). The van der Waals surface area contributed by atoms with Crippen molar-refractivity contribution in [1.29, 1.82) is 0 Å². The number of imide groups is 1. The van der Waals surface area contributed by atoms with Crippen LogP contribution in [0.1, 0.15) is 77.2 Å². The average molecular weight is 686 g/mol. The van der Waals surface area contributed by atoms with Crippen LogP contribution in [-0.2, 0) is 22.7 Å². The van der Waals surface area contributed by atoms with Crippen molar-refractivity contribution in [2.24, 2.45) is 5.92 Å². The van der Waals surface area contributed by atoms with Crippen LogP contribution < -0.4 is 20.3 Å². The molecule has 0 spiro atoms. The van der Waals surface area contributed by atoms with Crippen LogP contribution in [0.15, 0.2) is 53.6 Å². The number of carbonyl (C=O) groups is 3. The fourth-order valence-corrected chi connectivity index (χ4v) is 7.58. The summed E-state index contributed by atoms with van der Waals surface area (Å²) < 4.78 is 11.8. The Labute approximate surface area is 295 Å². The second kappa shape index (κ2) is 13.3. The van der Waals surface area contributed by atoms with E-state index in [4.69, 9.17) is 9.47 Å². The van der Waals surface area contributed by atoms with Crippen LogP contribution in [0.4, 0.5) is 0 Å². The fraction of sp³-hybridized carbons (Fsp3) is 0.375. The van der Waals surface area contributed by atoms with E-state index in [0.29, 0.717) is 36.4 Å². The molecule has 3 amide bonds. The molecule has 3 fully saturated rings. The molecule has 2 N–H and O–H groups in total. The van der Waals surface area contributed by atoms with Gasteiger partial charge in [0.05, 0.1) is 25.2 Å². The van der Waals surface area contributed by atoms with Gasteiger partial charge in [0.1, 0.15) is 17.5 Å². The molecule has 11 nitrogen and oxygen atoms in total. The molecule has 0 radical (unpaired) electrons. The summed E-state index contributed by atoms with van der Waals surface area (Å²) >= 11 is 0. The number of ether oxygens (including phenoxy) is 2. The standard InChI is InChI=1S/C40H39N5O6/c1-50-35-16-27(30-19-42-38(47)31-20-41-33(18-29(30)31)25-7-8-25)17-36(51-2)32(35)22-44-13-11-23(12-14-44)3-4-24-5-6-26-21-45(40(49)28(26)15-24)34-9-10-37(46)43-39(34)48/h5-6,15-20,23,25,34H,7-14,21-22H2,1-2H3,(H,42,47)(H,43,46,48). The number of benzene rings is 2. The maximum atomic E-state index is 13.2. The molecule has 5 heterocycles. The van der Waals surface area contributed by atoms with E-state index in [1.165, 1.54) is 0 Å². The number of aromatic amines is 1. The Balaban J connectivity index is 0.945. The normalized spacial score (nSPS) is 19.5. The van der Waals surface area contributed by atoms with Gasteiger partial charge in [0.25, 0.3) is 11.5 Å². The van der Waals surface area contributed by atoms with Gasteiger partial charge in [-0.2, -0.15) is 0 Å². The predicted molar refractivity (Wildman–Crippen MR) is 190 cm³/mol. The Morgan fingerprint density at radius 3 is 2.37 bits per heavy atom. The van der Waals surface area contributed by atoms with Gasteiger partial charge in [-0.15, -0.1) is 0 Å². The van der Waals surface area contributed by atoms with Crippen LogP contribution in [0.2, 0.25) is 0 Å². The first kappa shape index (κ1) is 32.7. The summed E-state index contributed by atoms with van der Waals surface area (Å²) in [6.45, 7) is 2.73. The number of piperidine rings is 2. The first-order valence-electron chi connectivity index (χ1n) is 17.6. The monoisotopic (exact) mass is 685 g/mol. The molecule has 1 aliphatic carbocycles. The van der Waals surface area contributed by atoms with Gasteiger partial charge < -0.3 is 19.4 Å². The van der Waals surface area contributed by atoms with Gasteiger partial charge in [-0.05, 0) is 92.0 Å². The zero-order valence-corrected chi connectivity index (χ0v) is 28.7. The van der Waals surface area contributed by atoms with E-state index in [9.17, 15) is 19.2 Å². The number of hydrogen-bond donors (Lipinski definition) is 2. The maximum Gasteiger partial charge on any atom is 0.257 e. The summed E-state index contributed by atoms with van der Waals surface area (Å²) in [4.78, 5) is 61.2. The Hall–Kier alpha value is -5.47. The topological polar surface area (TPSA) is 134 Å². The third-order valence-electron chi connectivity index (χ3n) is 10.6. The summed E-state index contributed by atoms with van der Waals surface area (Å²) in [5.41, 5.74) is 5.85. The molecule has 11 heteroatoms. The Morgan fingerprint density at radius 1 is 0.902 bits per heavy atom. The Morgan fingerprint density at radius 2 is 1.67 bits per heavy atom. The summed E-state index contributed by atoms with van der Waals surface area (Å²) in [5, 5.41) is 3.78. The van der Waals surface area contributed by atoms with Gasteiger partial charge in [-0.1, -0.05) is 17.9 Å². The highest BCUT2D eigenvalue weighted by atomic mass is 16.5. The lowest BCUT2D eigenvalue weighted by Gasteiger charge is -2.30. The average Bonchev–Trinajstić information content (AvgIpc) is 3.95. The number of carbonyl (C=O) groups excluding carboxylic acids is 3. The molecule has 2 aromatic heterocycles. The summed E-state index contributed by atoms with van der Waals surface area (Å²) in [5.74, 6) is 7.97. The molecule has 3 aliphatic heterocycles. The minimum atomic E-state index is -0.630. The molecule has 2 aromatic carbocycles. The fourth-order valence-electron chi connectivity index (χ4n) is 7.58. The van der Waals surface area contributed by atoms with E-state index in [1.54, 1.807) is 31.5 Å². The molecule has 1 unspecified atom stereocenters. The van der Waals surface area contributed by atoms with Crippen molar-refractivity contribution < 1.29 is 23.9 Å². The van der Waals surface area contributed by atoms with Crippen LogP contribution in [0.3, 0.4) is 0 Å². The number of rotatable bonds is 7. The van der Waals surface area contributed by atoms with Gasteiger partial charge in [0, 0.05) is 66.1 Å². The molecule has 2 saturated heterocycles. The number of pyridine rings is 2. The number of nitrogens with zero attached hydrogens (tertiary/aromatic N) is 3. The number of aromatic nitrogens is 2. The van der Waals surface area contributed by atoms with Crippen molar-refractivity contribution >= 4 is 28.5 Å². The molecule has 1 atom stereocenters. The van der Waals surface area contributed by atoms with Crippen molar-refractivity contribution in [3.8, 4) is 34.5 Å². The first-order chi connectivity index (χ1) is 24.8. The van der Waals surface area contributed by atoms with Crippen molar-refractivity contribution in [3.63, 3.8) is 0 Å². The highest BCUT2D eigenvalue weighted by Gasteiger charge is 2.39. The van der Waals surface area contributed by atoms with E-state index in [0.717, 1.165) is 89.2 Å². The number of methoxy groups -OCH3 is 2. The van der Waals surface area contributed by atoms with E-state index >= 15 is 0 Å². The Bertz CT molecular complexity index is 2180. The lowest BCUT2D eigenvalue weighted by atomic mass is 9.95. The zero-order valence-electron chi connectivity index (χ0n) is 28.7. The number of hydrogen-bond acceptors (Lipinski definition) is 8. The van der Waals surface area contributed by atoms with Crippen molar-refractivity contribution in [2.45, 2.75) is 63.6 Å². The molecule has 51 heavy (non-hydrogen) atoms. The quantitative estimate of drug-likeness (QED) is 0.215. The second-order valence-corrected chi connectivity index (χ2v) is 13.9. The number of likely N-dealkylation sites (tertiary alicyclic amines) is 1. The van der Waals surface area contributed by atoms with Gasteiger partial charge in [0.15, 0.2) is 0 Å². The lowest BCUT2D eigenvalue weighted by molar-refractivity contribution is -0.136. The molecular formula is C40H39N5O6. The van der Waals surface area contributed by atoms with E-state index in [-0.39, 0.29) is 29.7 Å². The predicted octanol–water partition coefficient (Wildman–Crippen LogP) is 4.51. The van der Waals surface area contributed by atoms with E-state index < -0.39 is 11.9 Å². The summed E-state index contributed by atoms with van der Waals surface area (Å²) in [6.07, 6.45) is 8.09. The minimum absolute atomic E-state index is 0.159. The molecule has 4 aromatic rings. The molecule has 260 valence electrons. The van der Waals surface area contributed by atoms with Crippen LogP contribution in [0.25, 0.3) is 21.9 Å².